The van der Waals surface area contributed by atoms with E-state index < -0.39 is 0 Å². The number of ether oxygens (including phenoxy) is 3. The summed E-state index contributed by atoms with van der Waals surface area (Å²) in [5.41, 5.74) is 3.09. The fraction of sp³-hybridized carbons (Fsp3) is 0.182. The van der Waals surface area contributed by atoms with E-state index in [-0.39, 0.29) is 0 Å². The highest BCUT2D eigenvalue weighted by molar-refractivity contribution is 6.30. The highest BCUT2D eigenvalue weighted by atomic mass is 35.5. The quantitative estimate of drug-likeness (QED) is 0.628. The van der Waals surface area contributed by atoms with Crippen LogP contribution in [0.2, 0.25) is 5.02 Å². The molecule has 138 valence electrons. The molecule has 0 unspecified atom stereocenters. The molecule has 0 amide bonds. The molecule has 0 fully saturated rings. The minimum absolute atomic E-state index is 0.474. The highest BCUT2D eigenvalue weighted by Crippen LogP contribution is 2.33. The number of rotatable bonds is 6. The largest absolute Gasteiger partial charge is 0.489 e. The van der Waals surface area contributed by atoms with Crippen LogP contribution in [0.15, 0.2) is 66.7 Å². The lowest BCUT2D eigenvalue weighted by Gasteiger charge is -2.19. The Labute approximate surface area is 163 Å². The van der Waals surface area contributed by atoms with Crippen LogP contribution in [0.25, 0.3) is 0 Å². The lowest BCUT2D eigenvalue weighted by Crippen LogP contribution is -2.15. The smallest absolute Gasteiger partial charge is 0.163 e. The number of hydrogen-bond donors (Lipinski definition) is 1. The molecule has 0 aliphatic carbocycles. The molecule has 0 radical (unpaired) electrons. The summed E-state index contributed by atoms with van der Waals surface area (Å²) >= 11 is 6.04. The van der Waals surface area contributed by atoms with E-state index in [1.165, 1.54) is 0 Å². The molecule has 1 aliphatic heterocycles. The van der Waals surface area contributed by atoms with Crippen LogP contribution >= 0.6 is 11.6 Å². The van der Waals surface area contributed by atoms with Gasteiger partial charge in [0, 0.05) is 28.9 Å². The Morgan fingerprint density at radius 2 is 1.74 bits per heavy atom. The van der Waals surface area contributed by atoms with Crippen LogP contribution in [-0.2, 0) is 13.2 Å². The van der Waals surface area contributed by atoms with Crippen LogP contribution < -0.4 is 19.5 Å². The summed E-state index contributed by atoms with van der Waals surface area (Å²) in [6.07, 6.45) is 0. The van der Waals surface area contributed by atoms with Crippen LogP contribution in [0.3, 0.4) is 0 Å². The van der Waals surface area contributed by atoms with Crippen LogP contribution in [0.1, 0.15) is 11.1 Å². The first-order chi connectivity index (χ1) is 13.3. The highest BCUT2D eigenvalue weighted by Gasteiger charge is 2.12. The van der Waals surface area contributed by atoms with Gasteiger partial charge in [0.1, 0.15) is 25.6 Å². The van der Waals surface area contributed by atoms with Gasteiger partial charge in [-0.2, -0.15) is 0 Å². The molecule has 0 aromatic heterocycles. The van der Waals surface area contributed by atoms with Crippen molar-refractivity contribution in [3.63, 3.8) is 0 Å². The average molecular weight is 382 g/mol. The molecule has 4 nitrogen and oxygen atoms in total. The number of hydrogen-bond acceptors (Lipinski definition) is 4. The summed E-state index contributed by atoms with van der Waals surface area (Å²) in [7, 11) is 0. The molecule has 0 atom stereocenters. The summed E-state index contributed by atoms with van der Waals surface area (Å²) in [6, 6.07) is 21.6. The number of fused-ring (bicyclic) bond motifs is 1. The van der Waals surface area contributed by atoms with Gasteiger partial charge in [-0.1, -0.05) is 41.9 Å². The maximum atomic E-state index is 6.04. The van der Waals surface area contributed by atoms with Gasteiger partial charge < -0.3 is 19.5 Å². The van der Waals surface area contributed by atoms with Crippen LogP contribution in [-0.4, -0.2) is 13.2 Å². The van der Waals surface area contributed by atoms with E-state index in [0.29, 0.717) is 31.4 Å². The number of benzene rings is 3. The van der Waals surface area contributed by atoms with Gasteiger partial charge in [0.2, 0.25) is 0 Å². The zero-order valence-corrected chi connectivity index (χ0v) is 15.5. The number of halogens is 1. The van der Waals surface area contributed by atoms with Crippen molar-refractivity contribution >= 4 is 17.3 Å². The minimum Gasteiger partial charge on any atom is -0.489 e. The molecule has 0 spiro atoms. The van der Waals surface area contributed by atoms with Gasteiger partial charge in [0.25, 0.3) is 0 Å². The van der Waals surface area contributed by atoms with Gasteiger partial charge >= 0.3 is 0 Å². The van der Waals surface area contributed by atoms with Gasteiger partial charge in [-0.15, -0.1) is 0 Å². The summed E-state index contributed by atoms with van der Waals surface area (Å²) < 4.78 is 17.2. The number of anilines is 1. The first-order valence-electron chi connectivity index (χ1n) is 8.86. The first kappa shape index (κ1) is 17.6. The van der Waals surface area contributed by atoms with Crippen molar-refractivity contribution in [2.75, 3.05) is 18.5 Å². The van der Waals surface area contributed by atoms with Gasteiger partial charge in [-0.05, 0) is 35.9 Å². The second-order valence-corrected chi connectivity index (χ2v) is 6.67. The molecule has 3 aromatic rings. The predicted molar refractivity (Wildman–Crippen MR) is 107 cm³/mol. The maximum Gasteiger partial charge on any atom is 0.163 e. The minimum atomic E-state index is 0.474. The van der Waals surface area contributed by atoms with Crippen molar-refractivity contribution in [2.24, 2.45) is 0 Å². The zero-order chi connectivity index (χ0) is 18.5. The van der Waals surface area contributed by atoms with Crippen molar-refractivity contribution in [3.8, 4) is 17.2 Å². The van der Waals surface area contributed by atoms with Crippen LogP contribution in [0.5, 0.6) is 17.2 Å². The van der Waals surface area contributed by atoms with E-state index in [2.05, 4.69) is 11.4 Å². The molecule has 1 heterocycles. The molecule has 0 saturated carbocycles. The van der Waals surface area contributed by atoms with Crippen LogP contribution in [0, 0.1) is 0 Å². The number of nitrogens with one attached hydrogen (secondary N) is 1. The standard InChI is InChI=1S/C22H20ClNO3/c23-18-6-3-4-16(12-18)15-27-20-7-2-1-5-17(20)14-24-19-8-9-21-22(13-19)26-11-10-25-21/h1-9,12-13,24H,10-11,14-15H2. The Balaban J connectivity index is 1.42. The van der Waals surface area contributed by atoms with Gasteiger partial charge in [0.05, 0.1) is 0 Å². The van der Waals surface area contributed by atoms with E-state index in [4.69, 9.17) is 25.8 Å². The van der Waals surface area contributed by atoms with E-state index in [1.54, 1.807) is 0 Å². The third kappa shape index (κ3) is 4.47. The molecular formula is C22H20ClNO3. The third-order valence-corrected chi connectivity index (χ3v) is 4.52. The Kier molecular flexibility index (Phi) is 5.35. The fourth-order valence-electron chi connectivity index (χ4n) is 2.93. The van der Waals surface area contributed by atoms with Gasteiger partial charge in [-0.25, -0.2) is 0 Å². The Bertz CT molecular complexity index is 929. The second-order valence-electron chi connectivity index (χ2n) is 6.24. The molecule has 4 rings (SSSR count). The summed E-state index contributed by atoms with van der Waals surface area (Å²) in [5, 5.41) is 4.13. The molecular weight excluding hydrogens is 362 g/mol. The SMILES string of the molecule is Clc1cccc(COc2ccccc2CNc2ccc3c(c2)OCCO3)c1. The van der Waals surface area contributed by atoms with Gasteiger partial charge in [-0.3, -0.25) is 0 Å². The lowest BCUT2D eigenvalue weighted by atomic mass is 10.2. The average Bonchev–Trinajstić information content (AvgIpc) is 2.71. The van der Waals surface area contributed by atoms with Crippen molar-refractivity contribution < 1.29 is 14.2 Å². The summed E-state index contributed by atoms with van der Waals surface area (Å²) in [5.74, 6) is 2.41. The van der Waals surface area contributed by atoms with E-state index in [9.17, 15) is 0 Å². The molecule has 27 heavy (non-hydrogen) atoms. The molecule has 3 aromatic carbocycles. The molecule has 1 aliphatic rings. The van der Waals surface area contributed by atoms with Crippen LogP contribution in [0.4, 0.5) is 5.69 Å². The van der Waals surface area contributed by atoms with Crippen molar-refractivity contribution in [3.05, 3.63) is 82.9 Å². The van der Waals surface area contributed by atoms with E-state index in [0.717, 1.165) is 34.1 Å². The maximum absolute atomic E-state index is 6.04. The second kappa shape index (κ2) is 8.23. The normalized spacial score (nSPS) is 12.5. The Hall–Kier alpha value is -2.85. The van der Waals surface area contributed by atoms with Gasteiger partial charge in [0.15, 0.2) is 11.5 Å². The third-order valence-electron chi connectivity index (χ3n) is 4.28. The monoisotopic (exact) mass is 381 g/mol. The van der Waals surface area contributed by atoms with Crippen molar-refractivity contribution in [1.29, 1.82) is 0 Å². The fourth-order valence-corrected chi connectivity index (χ4v) is 3.14. The van der Waals surface area contributed by atoms with E-state index >= 15 is 0 Å². The summed E-state index contributed by atoms with van der Waals surface area (Å²) in [6.45, 7) is 2.29. The van der Waals surface area contributed by atoms with E-state index in [1.807, 2.05) is 60.7 Å². The molecule has 0 saturated heterocycles. The zero-order valence-electron chi connectivity index (χ0n) is 14.8. The lowest BCUT2D eigenvalue weighted by molar-refractivity contribution is 0.171. The van der Waals surface area contributed by atoms with Crippen molar-refractivity contribution in [2.45, 2.75) is 13.2 Å². The summed E-state index contributed by atoms with van der Waals surface area (Å²) in [4.78, 5) is 0. The Morgan fingerprint density at radius 3 is 2.63 bits per heavy atom. The first-order valence-corrected chi connectivity index (χ1v) is 9.24. The Morgan fingerprint density at radius 1 is 0.889 bits per heavy atom. The molecule has 5 heteroatoms. The molecule has 0 bridgehead atoms. The topological polar surface area (TPSA) is 39.7 Å². The number of para-hydroxylation sites is 1. The molecule has 1 N–H and O–H groups in total. The predicted octanol–water partition coefficient (Wildman–Crippen LogP) is 5.30. The van der Waals surface area contributed by atoms with Crippen molar-refractivity contribution in [1.82, 2.24) is 0 Å².